The van der Waals surface area contributed by atoms with E-state index in [-0.39, 0.29) is 5.91 Å². The minimum atomic E-state index is -0.0154. The predicted octanol–water partition coefficient (Wildman–Crippen LogP) is 2.57. The van der Waals surface area contributed by atoms with Gasteiger partial charge in [0.1, 0.15) is 0 Å². The van der Waals surface area contributed by atoms with Crippen LogP contribution in [0.15, 0.2) is 36.4 Å². The van der Waals surface area contributed by atoms with Crippen LogP contribution in [0, 0.1) is 0 Å². The predicted molar refractivity (Wildman–Crippen MR) is 92.5 cm³/mol. The second-order valence-electron chi connectivity index (χ2n) is 6.90. The lowest BCUT2D eigenvalue weighted by atomic mass is 10.2. The minimum absolute atomic E-state index is 0.0154. The Balaban J connectivity index is 1.41. The topological polar surface area (TPSA) is 50.2 Å². The molecule has 1 saturated carbocycles. The average molecular weight is 324 g/mol. The molecule has 1 amide bonds. The second-order valence-corrected chi connectivity index (χ2v) is 6.90. The van der Waals surface area contributed by atoms with Crippen molar-refractivity contribution < 1.29 is 4.79 Å². The lowest BCUT2D eigenvalue weighted by Crippen LogP contribution is -2.33. The van der Waals surface area contributed by atoms with Crippen LogP contribution < -0.4 is 5.32 Å². The van der Waals surface area contributed by atoms with E-state index in [0.717, 1.165) is 44.7 Å². The molecule has 2 aromatic rings. The van der Waals surface area contributed by atoms with Crippen molar-refractivity contribution in [2.24, 2.45) is 0 Å². The van der Waals surface area contributed by atoms with Gasteiger partial charge in [-0.2, -0.15) is 5.10 Å². The van der Waals surface area contributed by atoms with Gasteiger partial charge in [0.25, 0.3) is 5.91 Å². The quantitative estimate of drug-likeness (QED) is 0.940. The van der Waals surface area contributed by atoms with Gasteiger partial charge in [0, 0.05) is 25.7 Å². The van der Waals surface area contributed by atoms with E-state index in [0.29, 0.717) is 11.7 Å². The molecule has 1 N–H and O–H groups in total. The Morgan fingerprint density at radius 3 is 2.75 bits per heavy atom. The highest BCUT2D eigenvalue weighted by atomic mass is 16.2. The number of nitrogens with zero attached hydrogens (tertiary/aromatic N) is 3. The fraction of sp³-hybridized carbons (Fsp3) is 0.474. The number of aromatic nitrogens is 2. The maximum Gasteiger partial charge on any atom is 0.272 e. The Morgan fingerprint density at radius 2 is 1.96 bits per heavy atom. The first-order valence-corrected chi connectivity index (χ1v) is 8.92. The van der Waals surface area contributed by atoms with Crippen molar-refractivity contribution in [3.8, 4) is 0 Å². The normalized spacial score (nSPS) is 18.5. The fourth-order valence-electron chi connectivity index (χ4n) is 3.74. The van der Waals surface area contributed by atoms with E-state index < -0.39 is 0 Å². The summed E-state index contributed by atoms with van der Waals surface area (Å²) in [6.45, 7) is 3.60. The first kappa shape index (κ1) is 15.4. The number of hydrogen-bond acceptors (Lipinski definition) is 3. The van der Waals surface area contributed by atoms with Crippen LogP contribution in [0.3, 0.4) is 0 Å². The van der Waals surface area contributed by atoms with Crippen molar-refractivity contribution in [2.75, 3.05) is 6.54 Å². The molecule has 1 aliphatic heterocycles. The van der Waals surface area contributed by atoms with Crippen LogP contribution in [0.25, 0.3) is 0 Å². The molecule has 0 unspecified atom stereocenters. The van der Waals surface area contributed by atoms with Gasteiger partial charge >= 0.3 is 0 Å². The fourth-order valence-corrected chi connectivity index (χ4v) is 3.74. The summed E-state index contributed by atoms with van der Waals surface area (Å²) in [6, 6.07) is 12.8. The Morgan fingerprint density at radius 1 is 1.17 bits per heavy atom. The summed E-state index contributed by atoms with van der Waals surface area (Å²) in [5.74, 6) is -0.0154. The highest BCUT2D eigenvalue weighted by Gasteiger charge is 2.23. The molecule has 0 atom stereocenters. The van der Waals surface area contributed by atoms with E-state index in [1.807, 2.05) is 16.8 Å². The largest absolute Gasteiger partial charge is 0.348 e. The van der Waals surface area contributed by atoms with Crippen LogP contribution in [-0.4, -0.2) is 33.2 Å². The van der Waals surface area contributed by atoms with E-state index in [4.69, 9.17) is 0 Å². The molecule has 4 rings (SSSR count). The summed E-state index contributed by atoms with van der Waals surface area (Å²) < 4.78 is 1.99. The smallest absolute Gasteiger partial charge is 0.272 e. The third kappa shape index (κ3) is 3.36. The molecular formula is C19H24N4O. The molecule has 0 saturated heterocycles. The van der Waals surface area contributed by atoms with Crippen LogP contribution in [0.1, 0.15) is 47.4 Å². The first-order chi connectivity index (χ1) is 11.8. The van der Waals surface area contributed by atoms with Crippen molar-refractivity contribution in [1.29, 1.82) is 0 Å². The average Bonchev–Trinajstić information content (AvgIpc) is 3.24. The number of nitrogens with one attached hydrogen (secondary N) is 1. The second kappa shape index (κ2) is 6.77. The molecule has 0 spiro atoms. The summed E-state index contributed by atoms with van der Waals surface area (Å²) >= 11 is 0. The molecule has 2 heterocycles. The number of hydrogen-bond donors (Lipinski definition) is 1. The summed E-state index contributed by atoms with van der Waals surface area (Å²) in [4.78, 5) is 14.8. The number of benzene rings is 1. The molecule has 2 aliphatic rings. The number of rotatable bonds is 4. The molecule has 1 aromatic carbocycles. The van der Waals surface area contributed by atoms with Crippen molar-refractivity contribution >= 4 is 5.91 Å². The molecule has 24 heavy (non-hydrogen) atoms. The Kier molecular flexibility index (Phi) is 4.34. The molecule has 1 aromatic heterocycles. The third-order valence-electron chi connectivity index (χ3n) is 5.05. The molecule has 1 aliphatic carbocycles. The zero-order valence-electron chi connectivity index (χ0n) is 13.9. The minimum Gasteiger partial charge on any atom is -0.348 e. The van der Waals surface area contributed by atoms with Gasteiger partial charge in [-0.25, -0.2) is 0 Å². The third-order valence-corrected chi connectivity index (χ3v) is 5.05. The summed E-state index contributed by atoms with van der Waals surface area (Å²) in [7, 11) is 0. The van der Waals surface area contributed by atoms with Gasteiger partial charge in [0.15, 0.2) is 5.69 Å². The van der Waals surface area contributed by atoms with Crippen LogP contribution in [-0.2, 0) is 19.6 Å². The maximum atomic E-state index is 12.4. The van der Waals surface area contributed by atoms with Gasteiger partial charge in [-0.15, -0.1) is 0 Å². The lowest BCUT2D eigenvalue weighted by molar-refractivity contribution is 0.0931. The van der Waals surface area contributed by atoms with E-state index >= 15 is 0 Å². The summed E-state index contributed by atoms with van der Waals surface area (Å²) in [6.07, 6.45) is 4.65. The van der Waals surface area contributed by atoms with Crippen molar-refractivity contribution in [1.82, 2.24) is 20.0 Å². The van der Waals surface area contributed by atoms with Crippen molar-refractivity contribution in [3.63, 3.8) is 0 Å². The molecule has 126 valence electrons. The molecule has 5 heteroatoms. The van der Waals surface area contributed by atoms with Gasteiger partial charge < -0.3 is 5.32 Å². The van der Waals surface area contributed by atoms with Gasteiger partial charge in [-0.3, -0.25) is 14.4 Å². The number of carbonyl (C=O) groups excluding carboxylic acids is 1. The zero-order valence-corrected chi connectivity index (χ0v) is 13.9. The number of amides is 1. The SMILES string of the molecule is O=C(NC1CCCC1)c1cc2n(n1)CCN(Cc1ccccc1)C2. The first-order valence-electron chi connectivity index (χ1n) is 8.92. The molecule has 5 nitrogen and oxygen atoms in total. The van der Waals surface area contributed by atoms with Crippen LogP contribution in [0.4, 0.5) is 0 Å². The van der Waals surface area contributed by atoms with E-state index in [2.05, 4.69) is 39.6 Å². The monoisotopic (exact) mass is 324 g/mol. The van der Waals surface area contributed by atoms with Gasteiger partial charge in [0.05, 0.1) is 12.2 Å². The summed E-state index contributed by atoms with van der Waals surface area (Å²) in [5, 5.41) is 7.64. The molecule has 0 radical (unpaired) electrons. The van der Waals surface area contributed by atoms with Gasteiger partial charge in [0.2, 0.25) is 0 Å². The van der Waals surface area contributed by atoms with Crippen LogP contribution in [0.5, 0.6) is 0 Å². The van der Waals surface area contributed by atoms with Gasteiger partial charge in [-0.05, 0) is 24.5 Å². The van der Waals surface area contributed by atoms with Crippen molar-refractivity contribution in [3.05, 3.63) is 53.3 Å². The molecular weight excluding hydrogens is 300 g/mol. The number of carbonyl (C=O) groups is 1. The van der Waals surface area contributed by atoms with Crippen LogP contribution >= 0.6 is 0 Å². The highest BCUT2D eigenvalue weighted by Crippen LogP contribution is 2.19. The molecule has 1 fully saturated rings. The summed E-state index contributed by atoms with van der Waals surface area (Å²) in [5.41, 5.74) is 3.02. The Labute approximate surface area is 142 Å². The highest BCUT2D eigenvalue weighted by molar-refractivity contribution is 5.92. The van der Waals surface area contributed by atoms with E-state index in [1.54, 1.807) is 0 Å². The zero-order chi connectivity index (χ0) is 16.4. The van der Waals surface area contributed by atoms with Gasteiger partial charge in [-0.1, -0.05) is 43.2 Å². The standard InChI is InChI=1S/C19H24N4O/c24-19(20-16-8-4-5-9-16)18-12-17-14-22(10-11-23(17)21-18)13-15-6-2-1-3-7-15/h1-3,6-7,12,16H,4-5,8-11,13-14H2,(H,20,24). The molecule has 0 bridgehead atoms. The van der Waals surface area contributed by atoms with E-state index in [9.17, 15) is 4.79 Å². The Bertz CT molecular complexity index is 703. The number of fused-ring (bicyclic) bond motifs is 1. The Hall–Kier alpha value is -2.14. The van der Waals surface area contributed by atoms with E-state index in [1.165, 1.54) is 18.4 Å². The lowest BCUT2D eigenvalue weighted by Gasteiger charge is -2.27. The van der Waals surface area contributed by atoms with Crippen LogP contribution in [0.2, 0.25) is 0 Å². The maximum absolute atomic E-state index is 12.4. The van der Waals surface area contributed by atoms with Crippen molar-refractivity contribution in [2.45, 2.75) is 51.4 Å².